The molecule has 2 fully saturated rings. The summed E-state index contributed by atoms with van der Waals surface area (Å²) in [5.41, 5.74) is -0.218. The summed E-state index contributed by atoms with van der Waals surface area (Å²) in [5, 5.41) is 9.79. The first-order valence-corrected chi connectivity index (χ1v) is 8.80. The van der Waals surface area contributed by atoms with Gasteiger partial charge in [0, 0.05) is 31.8 Å². The Kier molecular flexibility index (Phi) is 4.80. The van der Waals surface area contributed by atoms with Gasteiger partial charge in [-0.3, -0.25) is 9.59 Å². The van der Waals surface area contributed by atoms with E-state index in [-0.39, 0.29) is 37.5 Å². The predicted octanol–water partition coefficient (Wildman–Crippen LogP) is 3.46. The minimum Gasteiger partial charge on any atom is -0.481 e. The second-order valence-corrected chi connectivity index (χ2v) is 7.21. The number of aliphatic carboxylic acids is 1. The average Bonchev–Trinajstić information content (AvgIpc) is 2.62. The van der Waals surface area contributed by atoms with Gasteiger partial charge < -0.3 is 10.0 Å². The van der Waals surface area contributed by atoms with Crippen LogP contribution in [0.25, 0.3) is 0 Å². The third-order valence-corrected chi connectivity index (χ3v) is 5.73. The predicted molar refractivity (Wildman–Crippen MR) is 88.5 cm³/mol. The van der Waals surface area contributed by atoms with Crippen molar-refractivity contribution < 1.29 is 23.5 Å². The van der Waals surface area contributed by atoms with Crippen molar-refractivity contribution in [3.63, 3.8) is 0 Å². The largest absolute Gasteiger partial charge is 0.481 e. The highest BCUT2D eigenvalue weighted by atomic mass is 19.3. The third kappa shape index (κ3) is 3.53. The minimum atomic E-state index is -2.65. The minimum absolute atomic E-state index is 0.0949. The first-order valence-electron chi connectivity index (χ1n) is 8.80. The van der Waals surface area contributed by atoms with E-state index in [1.54, 1.807) is 4.90 Å². The van der Waals surface area contributed by atoms with Crippen LogP contribution in [0.3, 0.4) is 0 Å². The highest BCUT2D eigenvalue weighted by Crippen LogP contribution is 2.39. The van der Waals surface area contributed by atoms with Gasteiger partial charge in [-0.15, -0.1) is 0 Å². The average molecular weight is 351 g/mol. The summed E-state index contributed by atoms with van der Waals surface area (Å²) in [5.74, 6) is -3.97. The van der Waals surface area contributed by atoms with Gasteiger partial charge in [-0.05, 0) is 31.2 Å². The molecule has 4 nitrogen and oxygen atoms in total. The molecule has 2 aliphatic rings. The van der Waals surface area contributed by atoms with Crippen LogP contribution in [0.4, 0.5) is 8.78 Å². The Morgan fingerprint density at radius 1 is 1.00 bits per heavy atom. The van der Waals surface area contributed by atoms with E-state index in [0.29, 0.717) is 25.9 Å². The molecular weight excluding hydrogens is 328 g/mol. The summed E-state index contributed by atoms with van der Waals surface area (Å²) in [4.78, 5) is 26.2. The number of piperidine rings is 1. The van der Waals surface area contributed by atoms with Gasteiger partial charge >= 0.3 is 5.97 Å². The normalized spacial score (nSPS) is 23.2. The van der Waals surface area contributed by atoms with Crippen LogP contribution in [0.15, 0.2) is 30.3 Å². The summed E-state index contributed by atoms with van der Waals surface area (Å²) in [6.07, 6.45) is 0.652. The zero-order valence-corrected chi connectivity index (χ0v) is 14.1. The van der Waals surface area contributed by atoms with Gasteiger partial charge in [0.25, 0.3) is 0 Å². The lowest BCUT2D eigenvalue weighted by atomic mass is 9.72. The second kappa shape index (κ2) is 6.73. The number of carbonyl (C=O) groups is 2. The zero-order valence-electron chi connectivity index (χ0n) is 14.1. The highest BCUT2D eigenvalue weighted by molar-refractivity contribution is 5.83. The first-order chi connectivity index (χ1) is 11.8. The molecule has 0 bridgehead atoms. The van der Waals surface area contributed by atoms with Crippen LogP contribution in [0.1, 0.15) is 44.1 Å². The molecule has 1 aliphatic carbocycles. The van der Waals surface area contributed by atoms with E-state index >= 15 is 0 Å². The number of hydrogen-bond acceptors (Lipinski definition) is 2. The monoisotopic (exact) mass is 351 g/mol. The molecule has 1 aliphatic heterocycles. The van der Waals surface area contributed by atoms with Crippen molar-refractivity contribution in [3.05, 3.63) is 35.9 Å². The number of amides is 1. The summed E-state index contributed by atoms with van der Waals surface area (Å²) >= 11 is 0. The van der Waals surface area contributed by atoms with E-state index < -0.39 is 17.3 Å². The van der Waals surface area contributed by atoms with Gasteiger partial charge in [0.15, 0.2) is 0 Å². The lowest BCUT2D eigenvalue weighted by Crippen LogP contribution is -2.50. The maximum atomic E-state index is 13.3. The number of hydrogen-bond donors (Lipinski definition) is 1. The molecule has 1 aromatic rings. The molecule has 1 saturated heterocycles. The zero-order chi connectivity index (χ0) is 18.1. The summed E-state index contributed by atoms with van der Waals surface area (Å²) in [6.45, 7) is 0.708. The van der Waals surface area contributed by atoms with Crippen LogP contribution >= 0.6 is 0 Å². The van der Waals surface area contributed by atoms with Crippen LogP contribution in [-0.2, 0) is 15.0 Å². The molecule has 0 aromatic heterocycles. The number of halogens is 2. The highest BCUT2D eigenvalue weighted by Gasteiger charge is 2.45. The first kappa shape index (κ1) is 17.8. The Bertz CT molecular complexity index is 629. The van der Waals surface area contributed by atoms with E-state index in [0.717, 1.165) is 5.56 Å². The molecule has 136 valence electrons. The van der Waals surface area contributed by atoms with Crippen molar-refractivity contribution >= 4 is 11.9 Å². The van der Waals surface area contributed by atoms with Crippen LogP contribution in [-0.4, -0.2) is 40.9 Å². The lowest BCUT2D eigenvalue weighted by Gasteiger charge is -2.41. The molecule has 0 unspecified atom stereocenters. The molecule has 3 rings (SSSR count). The Balaban J connectivity index is 1.66. The molecule has 1 amide bonds. The number of carboxylic acids is 1. The maximum absolute atomic E-state index is 13.3. The SMILES string of the molecule is O=C(C1CCC(F)(F)CC1)N1CCC(C(=O)O)(c2ccccc2)CC1. The third-order valence-electron chi connectivity index (χ3n) is 5.73. The molecule has 1 heterocycles. The number of rotatable bonds is 3. The van der Waals surface area contributed by atoms with Gasteiger partial charge in [0.05, 0.1) is 5.41 Å². The number of carboxylic acid groups (broad SMARTS) is 1. The standard InChI is InChI=1S/C19H23F2NO3/c20-19(21)8-6-14(7-9-19)16(23)22-12-10-18(11-13-22,17(24)25)15-4-2-1-3-5-15/h1-5,14H,6-13H2,(H,24,25). The fourth-order valence-electron chi connectivity index (χ4n) is 4.04. The Hall–Kier alpha value is -1.98. The molecule has 1 N–H and O–H groups in total. The second-order valence-electron chi connectivity index (χ2n) is 7.21. The molecule has 1 saturated carbocycles. The number of alkyl halides is 2. The lowest BCUT2D eigenvalue weighted by molar-refractivity contribution is -0.150. The van der Waals surface area contributed by atoms with Crippen LogP contribution in [0.5, 0.6) is 0 Å². The van der Waals surface area contributed by atoms with Crippen molar-refractivity contribution in [2.24, 2.45) is 5.92 Å². The van der Waals surface area contributed by atoms with Gasteiger partial charge in [0.2, 0.25) is 11.8 Å². The van der Waals surface area contributed by atoms with E-state index in [1.165, 1.54) is 0 Å². The van der Waals surface area contributed by atoms with Gasteiger partial charge in [-0.25, -0.2) is 8.78 Å². The fourth-order valence-corrected chi connectivity index (χ4v) is 4.04. The summed E-state index contributed by atoms with van der Waals surface area (Å²) in [7, 11) is 0. The van der Waals surface area contributed by atoms with Crippen LogP contribution < -0.4 is 0 Å². The molecule has 0 radical (unpaired) electrons. The van der Waals surface area contributed by atoms with Crippen molar-refractivity contribution in [1.82, 2.24) is 4.90 Å². The van der Waals surface area contributed by atoms with E-state index in [9.17, 15) is 23.5 Å². The smallest absolute Gasteiger partial charge is 0.314 e. The topological polar surface area (TPSA) is 57.6 Å². The van der Waals surface area contributed by atoms with Crippen molar-refractivity contribution in [3.8, 4) is 0 Å². The summed E-state index contributed by atoms with van der Waals surface area (Å²) in [6, 6.07) is 9.11. The number of carbonyl (C=O) groups excluding carboxylic acids is 1. The number of benzene rings is 1. The number of nitrogens with zero attached hydrogens (tertiary/aromatic N) is 1. The van der Waals surface area contributed by atoms with E-state index in [4.69, 9.17) is 0 Å². The van der Waals surface area contributed by atoms with Gasteiger partial charge in [-0.1, -0.05) is 30.3 Å². The molecule has 0 spiro atoms. The fraction of sp³-hybridized carbons (Fsp3) is 0.579. The van der Waals surface area contributed by atoms with Crippen molar-refractivity contribution in [1.29, 1.82) is 0 Å². The van der Waals surface area contributed by atoms with Gasteiger partial charge in [0.1, 0.15) is 0 Å². The van der Waals surface area contributed by atoms with Crippen LogP contribution in [0.2, 0.25) is 0 Å². The van der Waals surface area contributed by atoms with Gasteiger partial charge in [-0.2, -0.15) is 0 Å². The molecule has 0 atom stereocenters. The van der Waals surface area contributed by atoms with E-state index in [2.05, 4.69) is 0 Å². The van der Waals surface area contributed by atoms with Crippen molar-refractivity contribution in [2.75, 3.05) is 13.1 Å². The maximum Gasteiger partial charge on any atom is 0.314 e. The number of likely N-dealkylation sites (tertiary alicyclic amines) is 1. The molecule has 6 heteroatoms. The van der Waals surface area contributed by atoms with Crippen molar-refractivity contribution in [2.45, 2.75) is 49.9 Å². The molecule has 1 aromatic carbocycles. The Morgan fingerprint density at radius 2 is 1.56 bits per heavy atom. The Morgan fingerprint density at radius 3 is 2.08 bits per heavy atom. The Labute approximate surface area is 145 Å². The molecule has 25 heavy (non-hydrogen) atoms. The van der Waals surface area contributed by atoms with E-state index in [1.807, 2.05) is 30.3 Å². The van der Waals surface area contributed by atoms with Crippen LogP contribution in [0, 0.1) is 5.92 Å². The molecular formula is C19H23F2NO3. The quantitative estimate of drug-likeness (QED) is 0.907. The summed E-state index contributed by atoms with van der Waals surface area (Å²) < 4.78 is 26.5.